The van der Waals surface area contributed by atoms with Gasteiger partial charge in [-0.25, -0.2) is 17.2 Å². The second kappa shape index (κ2) is 8.91. The van der Waals surface area contributed by atoms with E-state index >= 15 is 0 Å². The Morgan fingerprint density at radius 1 is 0.933 bits per heavy atom. The summed E-state index contributed by atoms with van der Waals surface area (Å²) in [6.45, 7) is 1.46. The average molecular weight is 432 g/mol. The first kappa shape index (κ1) is 21.3. The number of aryl methyl sites for hydroxylation is 1. The number of carbonyl (C=O) groups is 1. The lowest BCUT2D eigenvalue weighted by Gasteiger charge is -2.10. The van der Waals surface area contributed by atoms with Gasteiger partial charge in [0.15, 0.2) is 18.2 Å². The maximum atomic E-state index is 13.2. The predicted molar refractivity (Wildman–Crippen MR) is 109 cm³/mol. The molecule has 0 heterocycles. The Balaban J connectivity index is 1.58. The quantitative estimate of drug-likeness (QED) is 0.589. The topological polar surface area (TPSA) is 84.5 Å². The molecule has 0 unspecified atom stereocenters. The van der Waals surface area contributed by atoms with Crippen molar-refractivity contribution in [3.63, 3.8) is 0 Å². The number of amides is 1. The highest BCUT2D eigenvalue weighted by atomic mass is 32.2. The summed E-state index contributed by atoms with van der Waals surface area (Å²) in [5.41, 5.74) is 1.45. The number of nitrogens with one attached hydrogen (secondary N) is 2. The van der Waals surface area contributed by atoms with Crippen molar-refractivity contribution < 1.29 is 26.7 Å². The Hall–Kier alpha value is -3.46. The van der Waals surface area contributed by atoms with Gasteiger partial charge in [-0.1, -0.05) is 12.1 Å². The number of anilines is 2. The Kier molecular flexibility index (Phi) is 6.31. The number of benzene rings is 3. The summed E-state index contributed by atoms with van der Waals surface area (Å²) in [5.74, 6) is -2.41. The van der Waals surface area contributed by atoms with E-state index in [0.717, 1.165) is 17.7 Å². The van der Waals surface area contributed by atoms with Crippen LogP contribution < -0.4 is 14.8 Å². The van der Waals surface area contributed by atoms with Crippen LogP contribution in [0.25, 0.3) is 0 Å². The van der Waals surface area contributed by atoms with Gasteiger partial charge in [0.1, 0.15) is 5.75 Å². The largest absolute Gasteiger partial charge is 0.484 e. The lowest BCUT2D eigenvalue weighted by atomic mass is 10.2. The molecule has 0 aliphatic heterocycles. The molecule has 0 aliphatic rings. The van der Waals surface area contributed by atoms with E-state index in [-0.39, 0.29) is 16.3 Å². The third-order valence-corrected chi connectivity index (χ3v) is 5.37. The molecule has 3 rings (SSSR count). The molecule has 0 spiro atoms. The number of halogens is 2. The van der Waals surface area contributed by atoms with Gasteiger partial charge < -0.3 is 10.1 Å². The van der Waals surface area contributed by atoms with Crippen molar-refractivity contribution in [1.82, 2.24) is 0 Å². The molecule has 0 fully saturated rings. The van der Waals surface area contributed by atoms with E-state index in [0.29, 0.717) is 5.69 Å². The SMILES string of the molecule is Cc1cccc(NS(=O)(=O)c2ccc(OCC(=O)Nc3ccc(F)c(F)c3)cc2)c1. The molecule has 0 saturated carbocycles. The Morgan fingerprint density at radius 3 is 2.33 bits per heavy atom. The number of rotatable bonds is 7. The minimum Gasteiger partial charge on any atom is -0.484 e. The molecule has 156 valence electrons. The van der Waals surface area contributed by atoms with Crippen LogP contribution in [-0.2, 0) is 14.8 Å². The van der Waals surface area contributed by atoms with Gasteiger partial charge in [0, 0.05) is 17.4 Å². The summed E-state index contributed by atoms with van der Waals surface area (Å²) in [7, 11) is -3.78. The van der Waals surface area contributed by atoms with Gasteiger partial charge in [0.2, 0.25) is 0 Å². The van der Waals surface area contributed by atoms with Crippen molar-refractivity contribution in [1.29, 1.82) is 0 Å². The fraction of sp³-hybridized carbons (Fsp3) is 0.0952. The Morgan fingerprint density at radius 2 is 1.67 bits per heavy atom. The van der Waals surface area contributed by atoms with Crippen LogP contribution in [0.2, 0.25) is 0 Å². The van der Waals surface area contributed by atoms with Crippen LogP contribution in [0.15, 0.2) is 71.6 Å². The van der Waals surface area contributed by atoms with Crippen LogP contribution in [0.1, 0.15) is 5.56 Å². The molecule has 6 nitrogen and oxygen atoms in total. The third kappa shape index (κ3) is 5.54. The summed E-state index contributed by atoms with van der Waals surface area (Å²) in [6, 6.07) is 15.4. The Bertz CT molecular complexity index is 1170. The van der Waals surface area contributed by atoms with Crippen LogP contribution in [-0.4, -0.2) is 20.9 Å². The number of hydrogen-bond donors (Lipinski definition) is 2. The van der Waals surface area contributed by atoms with E-state index in [9.17, 15) is 22.0 Å². The van der Waals surface area contributed by atoms with Crippen LogP contribution in [0, 0.1) is 18.6 Å². The molecule has 9 heteroatoms. The summed E-state index contributed by atoms with van der Waals surface area (Å²) in [5, 5.41) is 2.37. The first-order chi connectivity index (χ1) is 14.2. The maximum absolute atomic E-state index is 13.2. The lowest BCUT2D eigenvalue weighted by molar-refractivity contribution is -0.118. The molecule has 0 aromatic heterocycles. The van der Waals surface area contributed by atoms with Gasteiger partial charge in [-0.05, 0) is 61.0 Å². The monoisotopic (exact) mass is 432 g/mol. The Labute approximate surface area is 172 Å². The zero-order chi connectivity index (χ0) is 21.7. The summed E-state index contributed by atoms with van der Waals surface area (Å²) < 4.78 is 58.8. The van der Waals surface area contributed by atoms with E-state index in [1.807, 2.05) is 13.0 Å². The molecule has 3 aromatic carbocycles. The predicted octanol–water partition coefficient (Wildman–Crippen LogP) is 4.09. The number of sulfonamides is 1. The van der Waals surface area contributed by atoms with Crippen LogP contribution in [0.3, 0.4) is 0 Å². The van der Waals surface area contributed by atoms with Crippen molar-refractivity contribution in [2.75, 3.05) is 16.6 Å². The molecule has 0 aliphatic carbocycles. The fourth-order valence-corrected chi connectivity index (χ4v) is 3.61. The molecule has 2 N–H and O–H groups in total. The minimum absolute atomic E-state index is 0.0302. The average Bonchev–Trinajstić information content (AvgIpc) is 2.69. The van der Waals surface area contributed by atoms with E-state index < -0.39 is 34.2 Å². The van der Waals surface area contributed by atoms with E-state index in [1.54, 1.807) is 18.2 Å². The van der Waals surface area contributed by atoms with Gasteiger partial charge in [0.25, 0.3) is 15.9 Å². The van der Waals surface area contributed by atoms with Crippen LogP contribution in [0.4, 0.5) is 20.2 Å². The molecule has 0 saturated heterocycles. The minimum atomic E-state index is -3.78. The van der Waals surface area contributed by atoms with E-state index in [4.69, 9.17) is 4.74 Å². The standard InChI is InChI=1S/C21H18F2N2O4S/c1-14-3-2-4-16(11-14)25-30(27,28)18-8-6-17(7-9-18)29-13-21(26)24-15-5-10-19(22)20(23)12-15/h2-12,25H,13H2,1H3,(H,24,26). The highest BCUT2D eigenvalue weighted by molar-refractivity contribution is 7.92. The highest BCUT2D eigenvalue weighted by Crippen LogP contribution is 2.20. The van der Waals surface area contributed by atoms with Gasteiger partial charge >= 0.3 is 0 Å². The van der Waals surface area contributed by atoms with Crippen molar-refractivity contribution in [3.8, 4) is 5.75 Å². The lowest BCUT2D eigenvalue weighted by Crippen LogP contribution is -2.20. The van der Waals surface area contributed by atoms with Gasteiger partial charge in [-0.2, -0.15) is 0 Å². The van der Waals surface area contributed by atoms with Crippen molar-refractivity contribution in [3.05, 3.63) is 83.9 Å². The third-order valence-electron chi connectivity index (χ3n) is 3.98. The van der Waals surface area contributed by atoms with Gasteiger partial charge in [0.05, 0.1) is 4.90 Å². The molecular formula is C21H18F2N2O4S. The number of hydrogen-bond acceptors (Lipinski definition) is 4. The van der Waals surface area contributed by atoms with Crippen LogP contribution in [0.5, 0.6) is 5.75 Å². The van der Waals surface area contributed by atoms with Crippen molar-refractivity contribution in [2.45, 2.75) is 11.8 Å². The number of ether oxygens (including phenoxy) is 1. The smallest absolute Gasteiger partial charge is 0.262 e. The van der Waals surface area contributed by atoms with E-state index in [1.165, 1.54) is 30.3 Å². The van der Waals surface area contributed by atoms with Crippen LogP contribution >= 0.6 is 0 Å². The zero-order valence-electron chi connectivity index (χ0n) is 15.9. The maximum Gasteiger partial charge on any atom is 0.262 e. The molecule has 3 aromatic rings. The normalized spacial score (nSPS) is 11.0. The molecule has 0 bridgehead atoms. The van der Waals surface area contributed by atoms with Gasteiger partial charge in [-0.15, -0.1) is 0 Å². The highest BCUT2D eigenvalue weighted by Gasteiger charge is 2.14. The first-order valence-corrected chi connectivity index (χ1v) is 10.3. The van der Waals surface area contributed by atoms with Crippen molar-refractivity contribution in [2.24, 2.45) is 0 Å². The summed E-state index contributed by atoms with van der Waals surface area (Å²) in [6.07, 6.45) is 0. The molecule has 0 radical (unpaired) electrons. The van der Waals surface area contributed by atoms with Gasteiger partial charge in [-0.3, -0.25) is 9.52 Å². The summed E-state index contributed by atoms with van der Waals surface area (Å²) in [4.78, 5) is 11.9. The second-order valence-electron chi connectivity index (χ2n) is 6.41. The summed E-state index contributed by atoms with van der Waals surface area (Å²) >= 11 is 0. The van der Waals surface area contributed by atoms with Crippen molar-refractivity contribution >= 4 is 27.3 Å². The molecular weight excluding hydrogens is 414 g/mol. The number of carbonyl (C=O) groups excluding carboxylic acids is 1. The molecule has 1 amide bonds. The molecule has 0 atom stereocenters. The van der Waals surface area contributed by atoms with E-state index in [2.05, 4.69) is 10.0 Å². The zero-order valence-corrected chi connectivity index (χ0v) is 16.7. The first-order valence-electron chi connectivity index (χ1n) is 8.80. The molecule has 30 heavy (non-hydrogen) atoms. The second-order valence-corrected chi connectivity index (χ2v) is 8.09. The fourth-order valence-electron chi connectivity index (χ4n) is 2.56.